The maximum atomic E-state index is 9.87. The molecule has 5 heteroatoms. The van der Waals surface area contributed by atoms with E-state index in [1.807, 2.05) is 38.1 Å². The average Bonchev–Trinajstić information content (AvgIpc) is 2.71. The summed E-state index contributed by atoms with van der Waals surface area (Å²) < 4.78 is 0. The van der Waals surface area contributed by atoms with E-state index in [0.717, 1.165) is 35.6 Å². The first kappa shape index (κ1) is 18.4. The van der Waals surface area contributed by atoms with Gasteiger partial charge in [0.05, 0.1) is 18.3 Å². The lowest BCUT2D eigenvalue weighted by Gasteiger charge is -2.37. The van der Waals surface area contributed by atoms with Gasteiger partial charge >= 0.3 is 0 Å². The number of benzene rings is 2. The molecule has 0 amide bonds. The van der Waals surface area contributed by atoms with Crippen LogP contribution in [0.25, 0.3) is 0 Å². The third-order valence-corrected chi connectivity index (χ3v) is 5.63. The third kappa shape index (κ3) is 3.34. The van der Waals surface area contributed by atoms with E-state index in [4.69, 9.17) is 4.98 Å². The Labute approximate surface area is 166 Å². The summed E-state index contributed by atoms with van der Waals surface area (Å²) in [5.41, 5.74) is 6.43. The van der Waals surface area contributed by atoms with Gasteiger partial charge in [-0.15, -0.1) is 0 Å². The monoisotopic (exact) mass is 374 g/mol. The maximum absolute atomic E-state index is 9.87. The molecule has 1 aromatic heterocycles. The standard InChI is InChI=1S/C23H26N4O/c1-15-8-4-7-11-20(15)24-23-25-21(14-28)16(2)22(26-23)27-13-12-18-9-5-6-10-19(18)17(27)3/h4-11,17,28H,12-14H2,1-3H3,(H,24,25,26). The lowest BCUT2D eigenvalue weighted by molar-refractivity contribution is 0.276. The van der Waals surface area contributed by atoms with Gasteiger partial charge < -0.3 is 15.3 Å². The molecule has 2 aromatic carbocycles. The molecule has 0 aliphatic carbocycles. The molecular formula is C23H26N4O. The summed E-state index contributed by atoms with van der Waals surface area (Å²) in [5, 5.41) is 13.2. The van der Waals surface area contributed by atoms with Crippen molar-refractivity contribution in [3.8, 4) is 0 Å². The third-order valence-electron chi connectivity index (χ3n) is 5.63. The van der Waals surface area contributed by atoms with E-state index in [2.05, 4.69) is 46.4 Å². The number of fused-ring (bicyclic) bond motifs is 1. The Hall–Kier alpha value is -2.92. The molecule has 1 unspecified atom stereocenters. The molecule has 1 aliphatic rings. The van der Waals surface area contributed by atoms with Gasteiger partial charge in [0.1, 0.15) is 5.82 Å². The predicted molar refractivity (Wildman–Crippen MR) is 113 cm³/mol. The second kappa shape index (κ2) is 7.60. The van der Waals surface area contributed by atoms with Gasteiger partial charge in [-0.05, 0) is 49.9 Å². The molecule has 0 fully saturated rings. The molecule has 0 saturated heterocycles. The molecule has 1 atom stereocenters. The van der Waals surface area contributed by atoms with Gasteiger partial charge in [0, 0.05) is 17.8 Å². The zero-order valence-electron chi connectivity index (χ0n) is 16.6. The quantitative estimate of drug-likeness (QED) is 0.706. The Morgan fingerprint density at radius 1 is 1.07 bits per heavy atom. The molecule has 4 rings (SSSR count). The molecule has 5 nitrogen and oxygen atoms in total. The number of para-hydroxylation sites is 1. The lowest BCUT2D eigenvalue weighted by atomic mass is 9.93. The Morgan fingerprint density at radius 3 is 2.61 bits per heavy atom. The molecule has 3 aromatic rings. The number of nitrogens with one attached hydrogen (secondary N) is 1. The van der Waals surface area contributed by atoms with E-state index in [0.29, 0.717) is 11.6 Å². The summed E-state index contributed by atoms with van der Waals surface area (Å²) >= 11 is 0. The van der Waals surface area contributed by atoms with Crippen molar-refractivity contribution in [3.63, 3.8) is 0 Å². The molecular weight excluding hydrogens is 348 g/mol. The van der Waals surface area contributed by atoms with Crippen LogP contribution in [-0.4, -0.2) is 21.6 Å². The number of aryl methyl sites for hydroxylation is 1. The SMILES string of the molecule is Cc1ccccc1Nc1nc(CO)c(C)c(N2CCc3ccccc3C2C)n1. The van der Waals surface area contributed by atoms with E-state index in [9.17, 15) is 5.11 Å². The van der Waals surface area contributed by atoms with Crippen LogP contribution in [0.2, 0.25) is 0 Å². The number of rotatable bonds is 4. The van der Waals surface area contributed by atoms with E-state index in [1.165, 1.54) is 11.1 Å². The van der Waals surface area contributed by atoms with Crippen molar-refractivity contribution in [3.05, 3.63) is 76.5 Å². The van der Waals surface area contributed by atoms with Crippen LogP contribution in [0.4, 0.5) is 17.5 Å². The molecule has 0 bridgehead atoms. The minimum atomic E-state index is -0.109. The van der Waals surface area contributed by atoms with E-state index in [-0.39, 0.29) is 12.6 Å². The largest absolute Gasteiger partial charge is 0.390 e. The van der Waals surface area contributed by atoms with Crippen LogP contribution >= 0.6 is 0 Å². The number of aliphatic hydroxyl groups is 1. The fourth-order valence-corrected chi connectivity index (χ4v) is 3.93. The Kier molecular flexibility index (Phi) is 5.01. The van der Waals surface area contributed by atoms with Crippen molar-refractivity contribution < 1.29 is 5.11 Å². The number of hydrogen-bond acceptors (Lipinski definition) is 5. The average molecular weight is 374 g/mol. The van der Waals surface area contributed by atoms with Crippen LogP contribution in [0.15, 0.2) is 48.5 Å². The van der Waals surface area contributed by atoms with Crippen LogP contribution in [0.3, 0.4) is 0 Å². The summed E-state index contributed by atoms with van der Waals surface area (Å²) in [4.78, 5) is 11.7. The highest BCUT2D eigenvalue weighted by molar-refractivity contribution is 5.62. The number of hydrogen-bond donors (Lipinski definition) is 2. The second-order valence-electron chi connectivity index (χ2n) is 7.36. The summed E-state index contributed by atoms with van der Waals surface area (Å²) in [7, 11) is 0. The maximum Gasteiger partial charge on any atom is 0.229 e. The highest BCUT2D eigenvalue weighted by Crippen LogP contribution is 2.35. The second-order valence-corrected chi connectivity index (χ2v) is 7.36. The summed E-state index contributed by atoms with van der Waals surface area (Å²) in [5.74, 6) is 1.40. The zero-order valence-corrected chi connectivity index (χ0v) is 16.6. The smallest absolute Gasteiger partial charge is 0.229 e. The van der Waals surface area contributed by atoms with Gasteiger partial charge in [-0.1, -0.05) is 42.5 Å². The van der Waals surface area contributed by atoms with E-state index >= 15 is 0 Å². The number of aromatic nitrogens is 2. The van der Waals surface area contributed by atoms with Crippen molar-refractivity contribution in [2.45, 2.75) is 39.8 Å². The first-order valence-corrected chi connectivity index (χ1v) is 9.74. The van der Waals surface area contributed by atoms with Gasteiger partial charge in [0.2, 0.25) is 5.95 Å². The van der Waals surface area contributed by atoms with Crippen molar-refractivity contribution in [2.75, 3.05) is 16.8 Å². The van der Waals surface area contributed by atoms with Gasteiger partial charge in [-0.2, -0.15) is 4.98 Å². The molecule has 0 radical (unpaired) electrons. The first-order valence-electron chi connectivity index (χ1n) is 9.74. The predicted octanol–water partition coefficient (Wildman–Crippen LogP) is 4.45. The van der Waals surface area contributed by atoms with Crippen LogP contribution in [0, 0.1) is 13.8 Å². The van der Waals surface area contributed by atoms with E-state index in [1.54, 1.807) is 0 Å². The summed E-state index contributed by atoms with van der Waals surface area (Å²) in [6, 6.07) is 16.9. The molecule has 28 heavy (non-hydrogen) atoms. The number of anilines is 3. The van der Waals surface area contributed by atoms with Crippen molar-refractivity contribution in [2.24, 2.45) is 0 Å². The van der Waals surface area contributed by atoms with Gasteiger partial charge in [-0.3, -0.25) is 0 Å². The van der Waals surface area contributed by atoms with Gasteiger partial charge in [0.25, 0.3) is 0 Å². The number of aliphatic hydroxyl groups excluding tert-OH is 1. The van der Waals surface area contributed by atoms with Crippen LogP contribution in [-0.2, 0) is 13.0 Å². The van der Waals surface area contributed by atoms with Crippen molar-refractivity contribution >= 4 is 17.5 Å². The summed E-state index contributed by atoms with van der Waals surface area (Å²) in [6.07, 6.45) is 0.985. The number of nitrogens with zero attached hydrogens (tertiary/aromatic N) is 3. The molecule has 0 spiro atoms. The summed E-state index contributed by atoms with van der Waals surface area (Å²) in [6.45, 7) is 7.04. The first-order chi connectivity index (χ1) is 13.6. The van der Waals surface area contributed by atoms with E-state index < -0.39 is 0 Å². The highest BCUT2D eigenvalue weighted by Gasteiger charge is 2.27. The van der Waals surface area contributed by atoms with Gasteiger partial charge in [-0.25, -0.2) is 4.98 Å². The van der Waals surface area contributed by atoms with Crippen molar-refractivity contribution in [1.29, 1.82) is 0 Å². The molecule has 2 N–H and O–H groups in total. The lowest BCUT2D eigenvalue weighted by Crippen LogP contribution is -2.35. The van der Waals surface area contributed by atoms with Crippen LogP contribution in [0.1, 0.15) is 40.9 Å². The Morgan fingerprint density at radius 2 is 1.82 bits per heavy atom. The Balaban J connectivity index is 1.74. The minimum absolute atomic E-state index is 0.109. The Bertz CT molecular complexity index is 1000. The molecule has 0 saturated carbocycles. The fraction of sp³-hybridized carbons (Fsp3) is 0.304. The molecule has 1 aliphatic heterocycles. The highest BCUT2D eigenvalue weighted by atomic mass is 16.3. The topological polar surface area (TPSA) is 61.3 Å². The fourth-order valence-electron chi connectivity index (χ4n) is 3.93. The van der Waals surface area contributed by atoms with Crippen LogP contribution in [0.5, 0.6) is 0 Å². The van der Waals surface area contributed by atoms with Crippen molar-refractivity contribution in [1.82, 2.24) is 9.97 Å². The normalized spacial score (nSPS) is 16.0. The minimum Gasteiger partial charge on any atom is -0.390 e. The van der Waals surface area contributed by atoms with Crippen LogP contribution < -0.4 is 10.2 Å². The molecule has 144 valence electrons. The molecule has 2 heterocycles. The zero-order chi connectivity index (χ0) is 19.7. The van der Waals surface area contributed by atoms with Gasteiger partial charge in [0.15, 0.2) is 0 Å².